The van der Waals surface area contributed by atoms with Gasteiger partial charge in [0.2, 0.25) is 0 Å². The molecular weight excluding hydrogens is 637 g/mol. The molecule has 3 heterocycles. The van der Waals surface area contributed by atoms with E-state index in [-0.39, 0.29) is 0 Å². The van der Waals surface area contributed by atoms with E-state index >= 15 is 0 Å². The summed E-state index contributed by atoms with van der Waals surface area (Å²) in [5.41, 5.74) is 7.72. The van der Waals surface area contributed by atoms with Crippen molar-refractivity contribution in [2.24, 2.45) is 0 Å². The minimum absolute atomic E-state index is 0.596. The molecule has 0 fully saturated rings. The first-order valence-electron chi connectivity index (χ1n) is 17.4. The van der Waals surface area contributed by atoms with Gasteiger partial charge in [0.1, 0.15) is 11.2 Å². The van der Waals surface area contributed by atoms with Crippen LogP contribution in [-0.2, 0) is 0 Å². The molecule has 0 saturated carbocycles. The summed E-state index contributed by atoms with van der Waals surface area (Å²) < 4.78 is 8.78. The Morgan fingerprint density at radius 1 is 0.385 bits per heavy atom. The summed E-state index contributed by atoms with van der Waals surface area (Å²) >= 11 is 0. The highest BCUT2D eigenvalue weighted by Crippen LogP contribution is 2.39. The van der Waals surface area contributed by atoms with Gasteiger partial charge < -0.3 is 8.98 Å². The zero-order valence-corrected chi connectivity index (χ0v) is 27.9. The fourth-order valence-corrected chi connectivity index (χ4v) is 7.75. The molecule has 11 rings (SSSR count). The third-order valence-electron chi connectivity index (χ3n) is 10.2. The molecule has 8 aromatic carbocycles. The van der Waals surface area contributed by atoms with Gasteiger partial charge in [-0.15, -0.1) is 0 Å². The van der Waals surface area contributed by atoms with Gasteiger partial charge in [-0.3, -0.25) is 0 Å². The number of para-hydroxylation sites is 2. The van der Waals surface area contributed by atoms with E-state index in [1.54, 1.807) is 0 Å². The van der Waals surface area contributed by atoms with E-state index < -0.39 is 0 Å². The van der Waals surface area contributed by atoms with Gasteiger partial charge in [-0.05, 0) is 70.1 Å². The first kappa shape index (κ1) is 28.7. The van der Waals surface area contributed by atoms with Crippen molar-refractivity contribution in [1.29, 1.82) is 0 Å². The number of fused-ring (bicyclic) bond motifs is 8. The predicted octanol–water partition coefficient (Wildman–Crippen LogP) is 12.2. The molecule has 0 aliphatic rings. The number of furan rings is 1. The van der Waals surface area contributed by atoms with Gasteiger partial charge in [0.15, 0.2) is 17.5 Å². The van der Waals surface area contributed by atoms with Gasteiger partial charge in [0.05, 0.1) is 11.0 Å². The van der Waals surface area contributed by atoms with Gasteiger partial charge in [-0.1, -0.05) is 121 Å². The Morgan fingerprint density at radius 2 is 1.02 bits per heavy atom. The highest BCUT2D eigenvalue weighted by Gasteiger charge is 2.20. The minimum atomic E-state index is 0.596. The number of rotatable bonds is 4. The van der Waals surface area contributed by atoms with Crippen molar-refractivity contribution >= 4 is 65.3 Å². The molecule has 0 spiro atoms. The zero-order valence-electron chi connectivity index (χ0n) is 27.9. The first-order valence-corrected chi connectivity index (χ1v) is 17.4. The Labute approximate surface area is 298 Å². The molecule has 0 unspecified atom stereocenters. The van der Waals surface area contributed by atoms with Crippen LogP contribution < -0.4 is 0 Å². The molecule has 5 nitrogen and oxygen atoms in total. The minimum Gasteiger partial charge on any atom is -0.456 e. The van der Waals surface area contributed by atoms with E-state index in [1.165, 1.54) is 16.2 Å². The van der Waals surface area contributed by atoms with E-state index in [0.29, 0.717) is 17.5 Å². The molecule has 5 heteroatoms. The fraction of sp³-hybridized carbons (Fsp3) is 0. The monoisotopic (exact) mass is 664 g/mol. The lowest BCUT2D eigenvalue weighted by Crippen LogP contribution is -2.01. The van der Waals surface area contributed by atoms with Crippen molar-refractivity contribution < 1.29 is 4.42 Å². The Hall–Kier alpha value is -7.11. The van der Waals surface area contributed by atoms with Gasteiger partial charge in [-0.25, -0.2) is 15.0 Å². The highest BCUT2D eigenvalue weighted by molar-refractivity contribution is 6.15. The molecule has 52 heavy (non-hydrogen) atoms. The molecule has 0 saturated heterocycles. The van der Waals surface area contributed by atoms with Crippen LogP contribution in [0.4, 0.5) is 0 Å². The number of nitrogens with zero attached hydrogens (tertiary/aromatic N) is 4. The highest BCUT2D eigenvalue weighted by atomic mass is 16.3. The van der Waals surface area contributed by atoms with Crippen LogP contribution in [0.15, 0.2) is 174 Å². The summed E-state index contributed by atoms with van der Waals surface area (Å²) in [4.78, 5) is 15.6. The first-order chi connectivity index (χ1) is 25.7. The second kappa shape index (κ2) is 11.2. The Bertz CT molecular complexity index is 3190. The molecule has 0 N–H and O–H groups in total. The summed E-state index contributed by atoms with van der Waals surface area (Å²) in [5.74, 6) is 1.82. The molecule has 0 aliphatic heterocycles. The summed E-state index contributed by atoms with van der Waals surface area (Å²) in [5, 5.41) is 9.00. The van der Waals surface area contributed by atoms with Crippen LogP contribution >= 0.6 is 0 Å². The van der Waals surface area contributed by atoms with Crippen LogP contribution in [0, 0.1) is 0 Å². The summed E-state index contributed by atoms with van der Waals surface area (Å²) in [6, 6.07) is 59.2. The standard InChI is InChI=1S/C47H28N4O/c1-2-15-35(16-3-1)51-40-19-9-8-17-36(40)37-24-23-34(27-41(37)51)46-48-45(33-22-21-29-11-4-5-12-30(29)25-33)49-47(50-46)38-18-10-20-42-44(38)39-26-31-13-6-7-14-32(31)28-43(39)52-42/h1-28H. The van der Waals surface area contributed by atoms with Gasteiger partial charge in [0.25, 0.3) is 0 Å². The number of hydrogen-bond donors (Lipinski definition) is 0. The largest absolute Gasteiger partial charge is 0.456 e. The smallest absolute Gasteiger partial charge is 0.164 e. The topological polar surface area (TPSA) is 56.7 Å². The van der Waals surface area contributed by atoms with E-state index in [0.717, 1.165) is 71.5 Å². The molecule has 0 bridgehead atoms. The van der Waals surface area contributed by atoms with Crippen LogP contribution in [0.1, 0.15) is 0 Å². The lowest BCUT2D eigenvalue weighted by atomic mass is 10.0. The van der Waals surface area contributed by atoms with Gasteiger partial charge in [-0.2, -0.15) is 0 Å². The molecule has 0 atom stereocenters. The molecule has 0 amide bonds. The molecule has 11 aromatic rings. The molecule has 0 aliphatic carbocycles. The lowest BCUT2D eigenvalue weighted by molar-refractivity contribution is 0.669. The summed E-state index contributed by atoms with van der Waals surface area (Å²) in [7, 11) is 0. The summed E-state index contributed by atoms with van der Waals surface area (Å²) in [6.07, 6.45) is 0. The molecule has 0 radical (unpaired) electrons. The van der Waals surface area contributed by atoms with Crippen molar-refractivity contribution in [2.75, 3.05) is 0 Å². The lowest BCUT2D eigenvalue weighted by Gasteiger charge is -2.11. The third kappa shape index (κ3) is 4.46. The average molecular weight is 665 g/mol. The molecule has 3 aromatic heterocycles. The van der Waals surface area contributed by atoms with Crippen LogP contribution in [0.2, 0.25) is 0 Å². The summed E-state index contributed by atoms with van der Waals surface area (Å²) in [6.45, 7) is 0. The van der Waals surface area contributed by atoms with Gasteiger partial charge in [0, 0.05) is 43.9 Å². The van der Waals surface area contributed by atoms with Crippen molar-refractivity contribution in [1.82, 2.24) is 19.5 Å². The molecular formula is C47H28N4O. The SMILES string of the molecule is c1ccc(-n2c3ccccc3c3ccc(-c4nc(-c5ccc6ccccc6c5)nc(-c5cccc6oc7cc8ccccc8cc7c56)n4)cc32)cc1. The average Bonchev–Trinajstić information content (AvgIpc) is 3.74. The zero-order chi connectivity index (χ0) is 34.2. The maximum atomic E-state index is 6.46. The quantitative estimate of drug-likeness (QED) is 0.188. The van der Waals surface area contributed by atoms with E-state index in [4.69, 9.17) is 19.4 Å². The van der Waals surface area contributed by atoms with Gasteiger partial charge >= 0.3 is 0 Å². The van der Waals surface area contributed by atoms with E-state index in [2.05, 4.69) is 162 Å². The van der Waals surface area contributed by atoms with Crippen molar-refractivity contribution in [3.63, 3.8) is 0 Å². The van der Waals surface area contributed by atoms with Crippen molar-refractivity contribution in [3.8, 4) is 39.9 Å². The van der Waals surface area contributed by atoms with Crippen LogP contribution in [-0.4, -0.2) is 19.5 Å². The van der Waals surface area contributed by atoms with Crippen LogP contribution in [0.25, 0.3) is 105 Å². The van der Waals surface area contributed by atoms with Crippen molar-refractivity contribution in [3.05, 3.63) is 170 Å². The second-order valence-corrected chi connectivity index (χ2v) is 13.3. The number of benzene rings is 8. The number of aromatic nitrogens is 4. The predicted molar refractivity (Wildman–Crippen MR) is 213 cm³/mol. The maximum Gasteiger partial charge on any atom is 0.164 e. The molecule has 242 valence electrons. The van der Waals surface area contributed by atoms with Crippen LogP contribution in [0.3, 0.4) is 0 Å². The maximum absolute atomic E-state index is 6.46. The van der Waals surface area contributed by atoms with E-state index in [1.807, 2.05) is 12.1 Å². The van der Waals surface area contributed by atoms with Crippen molar-refractivity contribution in [2.45, 2.75) is 0 Å². The van der Waals surface area contributed by atoms with Crippen LogP contribution in [0.5, 0.6) is 0 Å². The normalized spacial score (nSPS) is 11.8. The Balaban J connectivity index is 1.18. The number of hydrogen-bond acceptors (Lipinski definition) is 4. The Kier molecular flexibility index (Phi) is 6.18. The van der Waals surface area contributed by atoms with E-state index in [9.17, 15) is 0 Å². The fourth-order valence-electron chi connectivity index (χ4n) is 7.75. The Morgan fingerprint density at radius 3 is 1.85 bits per heavy atom. The second-order valence-electron chi connectivity index (χ2n) is 13.3. The third-order valence-corrected chi connectivity index (χ3v) is 10.2.